The van der Waals surface area contributed by atoms with Gasteiger partial charge in [0.2, 0.25) is 5.91 Å². The highest BCUT2D eigenvalue weighted by molar-refractivity contribution is 5.83. The summed E-state index contributed by atoms with van der Waals surface area (Å²) >= 11 is 0. The van der Waals surface area contributed by atoms with Crippen LogP contribution in [0.3, 0.4) is 0 Å². The molecule has 3 nitrogen and oxygen atoms in total. The highest BCUT2D eigenvalue weighted by Crippen LogP contribution is 2.20. The lowest BCUT2D eigenvalue weighted by Gasteiger charge is -2.14. The van der Waals surface area contributed by atoms with Gasteiger partial charge >= 0.3 is 0 Å². The van der Waals surface area contributed by atoms with Crippen molar-refractivity contribution in [3.05, 3.63) is 34.9 Å². The normalized spacial score (nSPS) is 12.3. The molecule has 15 heavy (non-hydrogen) atoms. The Labute approximate surface area is 90.9 Å². The lowest BCUT2D eigenvalue weighted by molar-refractivity contribution is -0.123. The van der Waals surface area contributed by atoms with Gasteiger partial charge in [-0.25, -0.2) is 5.43 Å². The minimum Gasteiger partial charge on any atom is -0.291 e. The van der Waals surface area contributed by atoms with Crippen molar-refractivity contribution in [2.24, 2.45) is 0 Å². The van der Waals surface area contributed by atoms with Crippen LogP contribution in [-0.2, 0) is 4.79 Å². The molecule has 0 aliphatic carbocycles. The summed E-state index contributed by atoms with van der Waals surface area (Å²) in [7, 11) is 1.69. The van der Waals surface area contributed by atoms with Crippen LogP contribution >= 0.6 is 0 Å². The van der Waals surface area contributed by atoms with Gasteiger partial charge in [0.05, 0.1) is 5.92 Å². The van der Waals surface area contributed by atoms with Crippen molar-refractivity contribution >= 4 is 5.91 Å². The first-order valence-electron chi connectivity index (χ1n) is 5.10. The Morgan fingerprint density at radius 3 is 2.53 bits per heavy atom. The Morgan fingerprint density at radius 1 is 1.33 bits per heavy atom. The number of hydrogen-bond donors (Lipinski definition) is 2. The monoisotopic (exact) mass is 206 g/mol. The Bertz CT molecular complexity index is 361. The molecule has 82 valence electrons. The van der Waals surface area contributed by atoms with Crippen molar-refractivity contribution in [3.8, 4) is 0 Å². The Hall–Kier alpha value is -1.35. The van der Waals surface area contributed by atoms with Crippen molar-refractivity contribution < 1.29 is 4.79 Å². The third kappa shape index (κ3) is 2.80. The van der Waals surface area contributed by atoms with Gasteiger partial charge in [-0.1, -0.05) is 23.8 Å². The minimum atomic E-state index is -0.127. The van der Waals surface area contributed by atoms with Crippen LogP contribution in [0.25, 0.3) is 0 Å². The molecule has 0 fully saturated rings. The van der Waals surface area contributed by atoms with Crippen molar-refractivity contribution in [3.63, 3.8) is 0 Å². The average Bonchev–Trinajstić information content (AvgIpc) is 2.17. The number of carbonyl (C=O) groups excluding carboxylic acids is 1. The van der Waals surface area contributed by atoms with E-state index < -0.39 is 0 Å². The Balaban J connectivity index is 2.91. The first-order valence-corrected chi connectivity index (χ1v) is 5.10. The SMILES string of the molecule is CNNC(=O)C(C)c1ccc(C)cc1C. The van der Waals surface area contributed by atoms with Crippen molar-refractivity contribution in [2.45, 2.75) is 26.7 Å². The fourth-order valence-electron chi connectivity index (χ4n) is 1.68. The smallest absolute Gasteiger partial charge is 0.241 e. The maximum atomic E-state index is 11.6. The van der Waals surface area contributed by atoms with Gasteiger partial charge in [0, 0.05) is 7.05 Å². The zero-order valence-corrected chi connectivity index (χ0v) is 9.72. The predicted octanol–water partition coefficient (Wildman–Crippen LogP) is 1.66. The summed E-state index contributed by atoms with van der Waals surface area (Å²) in [5.74, 6) is -0.137. The second-order valence-electron chi connectivity index (χ2n) is 3.82. The molecule has 1 amide bonds. The number of carbonyl (C=O) groups is 1. The molecule has 0 saturated heterocycles. The van der Waals surface area contributed by atoms with Crippen LogP contribution in [0, 0.1) is 13.8 Å². The van der Waals surface area contributed by atoms with E-state index in [1.54, 1.807) is 7.05 Å². The van der Waals surface area contributed by atoms with Gasteiger partial charge in [0.15, 0.2) is 0 Å². The first-order chi connectivity index (χ1) is 7.06. The van der Waals surface area contributed by atoms with Gasteiger partial charge < -0.3 is 0 Å². The Kier molecular flexibility index (Phi) is 3.86. The zero-order valence-electron chi connectivity index (χ0n) is 9.72. The molecule has 0 spiro atoms. The topological polar surface area (TPSA) is 41.1 Å². The quantitative estimate of drug-likeness (QED) is 0.738. The fourth-order valence-corrected chi connectivity index (χ4v) is 1.68. The summed E-state index contributed by atoms with van der Waals surface area (Å²) in [6, 6.07) is 6.15. The molecule has 0 aliphatic heterocycles. The van der Waals surface area contributed by atoms with Gasteiger partial charge in [-0.15, -0.1) is 0 Å². The summed E-state index contributed by atoms with van der Waals surface area (Å²) in [5, 5.41) is 0. The highest BCUT2D eigenvalue weighted by atomic mass is 16.2. The summed E-state index contributed by atoms with van der Waals surface area (Å²) in [6.07, 6.45) is 0. The summed E-state index contributed by atoms with van der Waals surface area (Å²) in [5.41, 5.74) is 8.70. The van der Waals surface area contributed by atoms with E-state index >= 15 is 0 Å². The minimum absolute atomic E-state index is 0.00977. The van der Waals surface area contributed by atoms with Crippen molar-refractivity contribution in [2.75, 3.05) is 7.05 Å². The number of hydrazine groups is 1. The molecule has 0 aromatic heterocycles. The molecular weight excluding hydrogens is 188 g/mol. The van der Waals surface area contributed by atoms with E-state index in [4.69, 9.17) is 0 Å². The molecule has 2 N–H and O–H groups in total. The summed E-state index contributed by atoms with van der Waals surface area (Å²) < 4.78 is 0. The van der Waals surface area contributed by atoms with Crippen LogP contribution in [0.4, 0.5) is 0 Å². The van der Waals surface area contributed by atoms with E-state index in [1.807, 2.05) is 26.0 Å². The van der Waals surface area contributed by atoms with E-state index in [0.29, 0.717) is 0 Å². The molecule has 0 radical (unpaired) electrons. The van der Waals surface area contributed by atoms with Crippen molar-refractivity contribution in [1.29, 1.82) is 0 Å². The average molecular weight is 206 g/mol. The third-order valence-electron chi connectivity index (χ3n) is 2.53. The van der Waals surface area contributed by atoms with Crippen LogP contribution in [0.1, 0.15) is 29.5 Å². The summed E-state index contributed by atoms with van der Waals surface area (Å²) in [4.78, 5) is 11.6. The first kappa shape index (κ1) is 11.7. The van der Waals surface area contributed by atoms with Crippen LogP contribution in [-0.4, -0.2) is 13.0 Å². The lowest BCUT2D eigenvalue weighted by Crippen LogP contribution is -2.37. The second-order valence-corrected chi connectivity index (χ2v) is 3.82. The van der Waals surface area contributed by atoms with Crippen LogP contribution in [0.5, 0.6) is 0 Å². The number of benzene rings is 1. The van der Waals surface area contributed by atoms with Crippen LogP contribution in [0.2, 0.25) is 0 Å². The second kappa shape index (κ2) is 4.94. The molecular formula is C12H18N2O. The van der Waals surface area contributed by atoms with Crippen molar-refractivity contribution in [1.82, 2.24) is 10.9 Å². The van der Waals surface area contributed by atoms with E-state index in [2.05, 4.69) is 23.8 Å². The van der Waals surface area contributed by atoms with E-state index in [-0.39, 0.29) is 11.8 Å². The van der Waals surface area contributed by atoms with Gasteiger partial charge in [0.1, 0.15) is 0 Å². The molecule has 1 aromatic rings. The van der Waals surface area contributed by atoms with Gasteiger partial charge in [-0.3, -0.25) is 10.2 Å². The maximum Gasteiger partial charge on any atom is 0.241 e. The Morgan fingerprint density at radius 2 is 2.00 bits per heavy atom. The molecule has 1 unspecified atom stereocenters. The number of aryl methyl sites for hydroxylation is 2. The number of hydrogen-bond acceptors (Lipinski definition) is 2. The molecule has 1 atom stereocenters. The molecule has 0 saturated carbocycles. The fraction of sp³-hybridized carbons (Fsp3) is 0.417. The highest BCUT2D eigenvalue weighted by Gasteiger charge is 2.16. The summed E-state index contributed by atoms with van der Waals surface area (Å²) in [6.45, 7) is 5.99. The molecule has 1 rings (SSSR count). The lowest BCUT2D eigenvalue weighted by atomic mass is 9.94. The molecule has 3 heteroatoms. The van der Waals surface area contributed by atoms with Gasteiger partial charge in [0.25, 0.3) is 0 Å². The largest absolute Gasteiger partial charge is 0.291 e. The number of amides is 1. The van der Waals surface area contributed by atoms with Crippen LogP contribution in [0.15, 0.2) is 18.2 Å². The van der Waals surface area contributed by atoms with Crippen LogP contribution < -0.4 is 10.9 Å². The molecule has 0 heterocycles. The van der Waals surface area contributed by atoms with Gasteiger partial charge in [-0.2, -0.15) is 0 Å². The van der Waals surface area contributed by atoms with E-state index in [9.17, 15) is 4.79 Å². The number of rotatable bonds is 3. The molecule has 1 aromatic carbocycles. The molecule has 0 aliphatic rings. The van der Waals surface area contributed by atoms with Gasteiger partial charge in [-0.05, 0) is 31.9 Å². The molecule has 0 bridgehead atoms. The standard InChI is InChI=1S/C12H18N2O/c1-8-5-6-11(9(2)7-8)10(3)12(15)14-13-4/h5-7,10,13H,1-4H3,(H,14,15). The zero-order chi connectivity index (χ0) is 11.4. The van der Waals surface area contributed by atoms with E-state index in [1.165, 1.54) is 5.56 Å². The number of nitrogens with one attached hydrogen (secondary N) is 2. The third-order valence-corrected chi connectivity index (χ3v) is 2.53. The van der Waals surface area contributed by atoms with E-state index in [0.717, 1.165) is 11.1 Å². The predicted molar refractivity (Wildman–Crippen MR) is 61.5 cm³/mol. The maximum absolute atomic E-state index is 11.6.